The number of aromatic nitrogens is 1. The molecule has 160 valence electrons. The fourth-order valence-electron chi connectivity index (χ4n) is 3.02. The third-order valence-corrected chi connectivity index (χ3v) is 4.58. The normalized spacial score (nSPS) is 10.5. The molecule has 0 bridgehead atoms. The van der Waals surface area contributed by atoms with Crippen LogP contribution < -0.4 is 15.5 Å². The standard InChI is InChI=1S/C22H19ClFN3O4/c1-13(28)31-27(22(25)29)19-9-6-14(12-26-19)10-16-7-8-18(30-2)20(21(16)24)15-4-3-5-17(23)11-15/h3-9,11-12H,10H2,1-2H3,(H2,25,29). The van der Waals surface area contributed by atoms with Gasteiger partial charge in [0.2, 0.25) is 0 Å². The largest absolute Gasteiger partial charge is 0.496 e. The van der Waals surface area contributed by atoms with E-state index in [-0.39, 0.29) is 12.2 Å². The lowest BCUT2D eigenvalue weighted by atomic mass is 9.97. The second kappa shape index (κ2) is 9.44. The van der Waals surface area contributed by atoms with Gasteiger partial charge in [0.25, 0.3) is 0 Å². The van der Waals surface area contributed by atoms with Gasteiger partial charge in [0, 0.05) is 24.6 Å². The van der Waals surface area contributed by atoms with Crippen LogP contribution in [0.25, 0.3) is 11.1 Å². The van der Waals surface area contributed by atoms with Crippen LogP contribution in [0.5, 0.6) is 5.75 Å². The Morgan fingerprint density at radius 3 is 2.55 bits per heavy atom. The highest BCUT2D eigenvalue weighted by Gasteiger charge is 2.19. The van der Waals surface area contributed by atoms with E-state index in [1.165, 1.54) is 19.4 Å². The van der Waals surface area contributed by atoms with E-state index >= 15 is 4.39 Å². The van der Waals surface area contributed by atoms with Crippen LogP contribution in [0.1, 0.15) is 18.1 Å². The fourth-order valence-corrected chi connectivity index (χ4v) is 3.21. The number of anilines is 1. The molecule has 0 aliphatic carbocycles. The Kier molecular flexibility index (Phi) is 6.71. The van der Waals surface area contributed by atoms with E-state index in [4.69, 9.17) is 26.9 Å². The second-order valence-electron chi connectivity index (χ2n) is 6.54. The van der Waals surface area contributed by atoms with Gasteiger partial charge < -0.3 is 15.3 Å². The average molecular weight is 444 g/mol. The maximum Gasteiger partial charge on any atom is 0.354 e. The number of rotatable bonds is 5. The number of hydrogen-bond donors (Lipinski definition) is 1. The van der Waals surface area contributed by atoms with Gasteiger partial charge >= 0.3 is 12.0 Å². The smallest absolute Gasteiger partial charge is 0.354 e. The first-order chi connectivity index (χ1) is 14.8. The van der Waals surface area contributed by atoms with Crippen molar-refractivity contribution in [3.63, 3.8) is 0 Å². The van der Waals surface area contributed by atoms with E-state index in [0.717, 1.165) is 6.92 Å². The van der Waals surface area contributed by atoms with E-state index in [0.29, 0.717) is 38.1 Å². The van der Waals surface area contributed by atoms with Crippen molar-refractivity contribution < 1.29 is 23.6 Å². The highest BCUT2D eigenvalue weighted by atomic mass is 35.5. The molecule has 0 aliphatic rings. The zero-order valence-corrected chi connectivity index (χ0v) is 17.5. The average Bonchev–Trinajstić information content (AvgIpc) is 2.73. The second-order valence-corrected chi connectivity index (χ2v) is 6.98. The molecule has 3 aromatic rings. The number of amides is 2. The summed E-state index contributed by atoms with van der Waals surface area (Å²) in [4.78, 5) is 31.4. The topological polar surface area (TPSA) is 94.8 Å². The molecule has 0 spiro atoms. The molecule has 31 heavy (non-hydrogen) atoms. The van der Waals surface area contributed by atoms with Gasteiger partial charge in [0.1, 0.15) is 11.6 Å². The minimum Gasteiger partial charge on any atom is -0.496 e. The summed E-state index contributed by atoms with van der Waals surface area (Å²) in [6, 6.07) is 12.2. The Labute approximate surface area is 183 Å². The van der Waals surface area contributed by atoms with Crippen molar-refractivity contribution in [2.75, 3.05) is 12.2 Å². The van der Waals surface area contributed by atoms with Crippen molar-refractivity contribution in [3.05, 3.63) is 76.7 Å². The zero-order chi connectivity index (χ0) is 22.5. The molecule has 3 rings (SSSR count). The first-order valence-corrected chi connectivity index (χ1v) is 9.52. The van der Waals surface area contributed by atoms with E-state index in [2.05, 4.69) is 4.98 Å². The van der Waals surface area contributed by atoms with E-state index in [9.17, 15) is 9.59 Å². The summed E-state index contributed by atoms with van der Waals surface area (Å²) in [5, 5.41) is 1.06. The van der Waals surface area contributed by atoms with Crippen LogP contribution in [-0.2, 0) is 16.1 Å². The number of hydrogen-bond acceptors (Lipinski definition) is 5. The number of carbonyl (C=O) groups excluding carboxylic acids is 2. The lowest BCUT2D eigenvalue weighted by molar-refractivity contribution is -0.141. The molecule has 0 radical (unpaired) electrons. The van der Waals surface area contributed by atoms with Crippen LogP contribution in [-0.4, -0.2) is 24.1 Å². The summed E-state index contributed by atoms with van der Waals surface area (Å²) in [6.45, 7) is 1.13. The molecule has 0 saturated heterocycles. The molecule has 0 atom stereocenters. The number of benzene rings is 2. The Morgan fingerprint density at radius 2 is 1.97 bits per heavy atom. The van der Waals surface area contributed by atoms with Gasteiger partial charge in [0.05, 0.1) is 12.7 Å². The molecule has 0 unspecified atom stereocenters. The van der Waals surface area contributed by atoms with Crippen molar-refractivity contribution in [1.82, 2.24) is 4.98 Å². The number of nitrogens with zero attached hydrogens (tertiary/aromatic N) is 2. The summed E-state index contributed by atoms with van der Waals surface area (Å²) in [7, 11) is 1.47. The summed E-state index contributed by atoms with van der Waals surface area (Å²) >= 11 is 6.07. The quantitative estimate of drug-likeness (QED) is 0.585. The molecule has 0 aliphatic heterocycles. The number of nitrogens with two attached hydrogens (primary N) is 1. The van der Waals surface area contributed by atoms with E-state index in [1.54, 1.807) is 42.5 Å². The molecule has 9 heteroatoms. The van der Waals surface area contributed by atoms with Crippen LogP contribution in [0.2, 0.25) is 5.02 Å². The molecule has 2 aromatic carbocycles. The van der Waals surface area contributed by atoms with Gasteiger partial charge in [-0.05, 0) is 41.0 Å². The zero-order valence-electron chi connectivity index (χ0n) is 16.8. The Hall–Kier alpha value is -3.65. The van der Waals surface area contributed by atoms with Crippen LogP contribution in [0.3, 0.4) is 0 Å². The van der Waals surface area contributed by atoms with Gasteiger partial charge in [-0.2, -0.15) is 0 Å². The van der Waals surface area contributed by atoms with Gasteiger partial charge in [-0.25, -0.2) is 19.0 Å². The minimum absolute atomic E-state index is 0.0290. The third-order valence-electron chi connectivity index (χ3n) is 4.35. The lowest BCUT2D eigenvalue weighted by Crippen LogP contribution is -2.37. The Bertz CT molecular complexity index is 1120. The van der Waals surface area contributed by atoms with Crippen molar-refractivity contribution in [1.29, 1.82) is 0 Å². The molecular weight excluding hydrogens is 425 g/mol. The molecule has 2 N–H and O–H groups in total. The number of carbonyl (C=O) groups is 2. The fraction of sp³-hybridized carbons (Fsp3) is 0.136. The highest BCUT2D eigenvalue weighted by molar-refractivity contribution is 6.30. The minimum atomic E-state index is -0.997. The summed E-state index contributed by atoms with van der Waals surface area (Å²) in [5.41, 5.74) is 7.19. The predicted octanol–water partition coefficient (Wildman–Crippen LogP) is 4.50. The van der Waals surface area contributed by atoms with E-state index in [1.807, 2.05) is 0 Å². The lowest BCUT2D eigenvalue weighted by Gasteiger charge is -2.17. The van der Waals surface area contributed by atoms with Crippen LogP contribution in [0.15, 0.2) is 54.7 Å². The Morgan fingerprint density at radius 1 is 1.19 bits per heavy atom. The number of hydroxylamine groups is 1. The molecular formula is C22H19ClFN3O4. The number of ether oxygens (including phenoxy) is 1. The van der Waals surface area contributed by atoms with Crippen LogP contribution >= 0.6 is 11.6 Å². The van der Waals surface area contributed by atoms with Crippen molar-refractivity contribution in [3.8, 4) is 16.9 Å². The SMILES string of the molecule is COc1ccc(Cc2ccc(N(OC(C)=O)C(N)=O)nc2)c(F)c1-c1cccc(Cl)c1. The number of primary amides is 1. The molecule has 1 heterocycles. The number of pyridine rings is 1. The highest BCUT2D eigenvalue weighted by Crippen LogP contribution is 2.36. The molecule has 1 aromatic heterocycles. The van der Waals surface area contributed by atoms with Gasteiger partial charge in [-0.1, -0.05) is 35.9 Å². The molecule has 7 nitrogen and oxygen atoms in total. The number of halogens is 2. The molecule has 2 amide bonds. The maximum absolute atomic E-state index is 15.4. The maximum atomic E-state index is 15.4. The monoisotopic (exact) mass is 443 g/mol. The first-order valence-electron chi connectivity index (χ1n) is 9.14. The molecule has 0 saturated carbocycles. The van der Waals surface area contributed by atoms with Gasteiger partial charge in [0.15, 0.2) is 5.82 Å². The van der Waals surface area contributed by atoms with Crippen molar-refractivity contribution >= 4 is 29.4 Å². The first kappa shape index (κ1) is 22.0. The summed E-state index contributed by atoms with van der Waals surface area (Å²) in [5.74, 6) is -0.750. The predicted molar refractivity (Wildman–Crippen MR) is 114 cm³/mol. The number of urea groups is 1. The van der Waals surface area contributed by atoms with E-state index < -0.39 is 17.8 Å². The van der Waals surface area contributed by atoms with Crippen molar-refractivity contribution in [2.24, 2.45) is 5.73 Å². The Balaban J connectivity index is 1.92. The van der Waals surface area contributed by atoms with Gasteiger partial charge in [-0.3, -0.25) is 0 Å². The summed E-state index contributed by atoms with van der Waals surface area (Å²) < 4.78 is 20.7. The van der Waals surface area contributed by atoms with Crippen LogP contribution in [0.4, 0.5) is 15.0 Å². The third kappa shape index (κ3) is 5.10. The molecule has 0 fully saturated rings. The number of methoxy groups -OCH3 is 1. The summed E-state index contributed by atoms with van der Waals surface area (Å²) in [6.07, 6.45) is 1.66. The van der Waals surface area contributed by atoms with Crippen LogP contribution in [0, 0.1) is 5.82 Å². The van der Waals surface area contributed by atoms with Crippen molar-refractivity contribution in [2.45, 2.75) is 13.3 Å². The van der Waals surface area contributed by atoms with Gasteiger partial charge in [-0.15, -0.1) is 5.06 Å².